The zero-order chi connectivity index (χ0) is 9.84. The van der Waals surface area contributed by atoms with Crippen molar-refractivity contribution in [1.29, 1.82) is 0 Å². The Kier molecular flexibility index (Phi) is 3.63. The fraction of sp³-hybridized carbons (Fsp3) is 0.400. The minimum atomic E-state index is -0.930. The molecule has 0 aliphatic rings. The summed E-state index contributed by atoms with van der Waals surface area (Å²) in [6.07, 6.45) is 0. The Morgan fingerprint density at radius 2 is 2.08 bits per heavy atom. The molecule has 1 aromatic rings. The number of rotatable bonds is 3. The number of hydrogen-bond acceptors (Lipinski definition) is 2. The van der Waals surface area contributed by atoms with Crippen LogP contribution in [-0.2, 0) is 10.8 Å². The largest absolute Gasteiger partial charge is 0.330 e. The highest BCUT2D eigenvalue weighted by molar-refractivity contribution is 7.85. The Morgan fingerprint density at radius 1 is 1.38 bits per heavy atom. The molecule has 0 aromatic heterocycles. The molecular formula is C10H15NOS. The molecule has 0 saturated carbocycles. The van der Waals surface area contributed by atoms with Crippen molar-refractivity contribution in [2.75, 3.05) is 12.3 Å². The van der Waals surface area contributed by atoms with E-state index >= 15 is 0 Å². The van der Waals surface area contributed by atoms with Crippen molar-refractivity contribution < 1.29 is 4.21 Å². The van der Waals surface area contributed by atoms with Crippen LogP contribution in [0.25, 0.3) is 0 Å². The SMILES string of the molecule is Cc1ccc(C)c(S(=O)CCN)c1. The van der Waals surface area contributed by atoms with Crippen LogP contribution in [0.5, 0.6) is 0 Å². The highest BCUT2D eigenvalue weighted by Gasteiger charge is 2.05. The number of aryl methyl sites for hydroxylation is 2. The summed E-state index contributed by atoms with van der Waals surface area (Å²) in [6, 6.07) is 6.00. The third kappa shape index (κ3) is 2.64. The third-order valence-electron chi connectivity index (χ3n) is 1.89. The molecule has 1 aromatic carbocycles. The second-order valence-corrected chi connectivity index (χ2v) is 4.65. The molecule has 2 nitrogen and oxygen atoms in total. The van der Waals surface area contributed by atoms with Crippen LogP contribution in [0, 0.1) is 13.8 Å². The Balaban J connectivity index is 2.99. The minimum absolute atomic E-state index is 0.472. The third-order valence-corrected chi connectivity index (χ3v) is 3.43. The lowest BCUT2D eigenvalue weighted by atomic mass is 10.2. The summed E-state index contributed by atoms with van der Waals surface area (Å²) in [5.41, 5.74) is 7.59. The van der Waals surface area contributed by atoms with Gasteiger partial charge >= 0.3 is 0 Å². The summed E-state index contributed by atoms with van der Waals surface area (Å²) < 4.78 is 11.6. The average Bonchev–Trinajstić information content (AvgIpc) is 2.09. The van der Waals surface area contributed by atoms with Gasteiger partial charge in [0.25, 0.3) is 0 Å². The number of nitrogens with two attached hydrogens (primary N) is 1. The predicted octanol–water partition coefficient (Wildman–Crippen LogP) is 1.37. The van der Waals surface area contributed by atoms with E-state index in [-0.39, 0.29) is 0 Å². The molecule has 1 atom stereocenters. The maximum Gasteiger partial charge on any atom is 0.0545 e. The molecule has 0 spiro atoms. The quantitative estimate of drug-likeness (QED) is 0.795. The van der Waals surface area contributed by atoms with Crippen LogP contribution >= 0.6 is 0 Å². The molecule has 3 heteroatoms. The summed E-state index contributed by atoms with van der Waals surface area (Å²) in [7, 11) is -0.930. The highest BCUT2D eigenvalue weighted by Crippen LogP contribution is 2.14. The Morgan fingerprint density at radius 3 is 2.69 bits per heavy atom. The fourth-order valence-corrected chi connectivity index (χ4v) is 2.35. The van der Waals surface area contributed by atoms with Gasteiger partial charge in [-0.05, 0) is 31.0 Å². The highest BCUT2D eigenvalue weighted by atomic mass is 32.2. The van der Waals surface area contributed by atoms with Crippen LogP contribution in [-0.4, -0.2) is 16.5 Å². The maximum absolute atomic E-state index is 11.6. The fourth-order valence-electron chi connectivity index (χ4n) is 1.17. The molecule has 0 saturated heterocycles. The summed E-state index contributed by atoms with van der Waals surface area (Å²) in [5.74, 6) is 0.546. The summed E-state index contributed by atoms with van der Waals surface area (Å²) in [5, 5.41) is 0. The smallest absolute Gasteiger partial charge is 0.0545 e. The first-order chi connectivity index (χ1) is 6.15. The molecule has 0 bridgehead atoms. The first-order valence-electron chi connectivity index (χ1n) is 4.31. The van der Waals surface area contributed by atoms with Crippen molar-refractivity contribution in [2.45, 2.75) is 18.7 Å². The van der Waals surface area contributed by atoms with Crippen molar-refractivity contribution >= 4 is 10.8 Å². The molecule has 2 N–H and O–H groups in total. The predicted molar refractivity (Wildman–Crippen MR) is 56.2 cm³/mol. The van der Waals surface area contributed by atoms with Gasteiger partial charge in [-0.1, -0.05) is 12.1 Å². The molecule has 13 heavy (non-hydrogen) atoms. The van der Waals surface area contributed by atoms with Gasteiger partial charge in [0.2, 0.25) is 0 Å². The van der Waals surface area contributed by atoms with E-state index in [0.29, 0.717) is 12.3 Å². The van der Waals surface area contributed by atoms with E-state index in [4.69, 9.17) is 5.73 Å². The first-order valence-corrected chi connectivity index (χ1v) is 5.62. The normalized spacial score (nSPS) is 12.8. The Labute approximate surface area is 81.6 Å². The van der Waals surface area contributed by atoms with E-state index in [1.807, 2.05) is 32.0 Å². The standard InChI is InChI=1S/C10H15NOS/c1-8-3-4-9(2)10(7-8)13(12)6-5-11/h3-4,7H,5-6,11H2,1-2H3. The molecule has 0 radical (unpaired) electrons. The maximum atomic E-state index is 11.6. The second kappa shape index (κ2) is 4.53. The first kappa shape index (κ1) is 10.4. The summed E-state index contributed by atoms with van der Waals surface area (Å²) in [6.45, 7) is 4.45. The van der Waals surface area contributed by atoms with Crippen LogP contribution in [0.3, 0.4) is 0 Å². The molecule has 1 rings (SSSR count). The number of hydrogen-bond donors (Lipinski definition) is 1. The summed E-state index contributed by atoms with van der Waals surface area (Å²) >= 11 is 0. The average molecular weight is 197 g/mol. The van der Waals surface area contributed by atoms with E-state index < -0.39 is 10.8 Å². The van der Waals surface area contributed by atoms with Gasteiger partial charge in [-0.3, -0.25) is 4.21 Å². The van der Waals surface area contributed by atoms with E-state index in [9.17, 15) is 4.21 Å². The molecule has 0 fully saturated rings. The van der Waals surface area contributed by atoms with Gasteiger partial charge in [0.1, 0.15) is 0 Å². The van der Waals surface area contributed by atoms with Gasteiger partial charge in [-0.15, -0.1) is 0 Å². The zero-order valence-electron chi connectivity index (χ0n) is 8.04. The van der Waals surface area contributed by atoms with Crippen LogP contribution in [0.2, 0.25) is 0 Å². The van der Waals surface area contributed by atoms with Gasteiger partial charge < -0.3 is 5.73 Å². The molecule has 0 aliphatic heterocycles. The van der Waals surface area contributed by atoms with Crippen molar-refractivity contribution in [2.24, 2.45) is 5.73 Å². The minimum Gasteiger partial charge on any atom is -0.330 e. The van der Waals surface area contributed by atoms with E-state index in [2.05, 4.69) is 0 Å². The van der Waals surface area contributed by atoms with E-state index in [0.717, 1.165) is 16.0 Å². The van der Waals surface area contributed by atoms with Gasteiger partial charge in [0.15, 0.2) is 0 Å². The molecular weight excluding hydrogens is 182 g/mol. The van der Waals surface area contributed by atoms with Gasteiger partial charge in [0, 0.05) is 17.2 Å². The topological polar surface area (TPSA) is 43.1 Å². The van der Waals surface area contributed by atoms with Crippen LogP contribution in [0.15, 0.2) is 23.1 Å². The van der Waals surface area contributed by atoms with Crippen molar-refractivity contribution in [3.05, 3.63) is 29.3 Å². The molecule has 72 valence electrons. The van der Waals surface area contributed by atoms with Crippen LogP contribution in [0.1, 0.15) is 11.1 Å². The second-order valence-electron chi connectivity index (χ2n) is 3.11. The monoisotopic (exact) mass is 197 g/mol. The van der Waals surface area contributed by atoms with Gasteiger partial charge in [-0.25, -0.2) is 0 Å². The van der Waals surface area contributed by atoms with Crippen molar-refractivity contribution in [3.63, 3.8) is 0 Å². The van der Waals surface area contributed by atoms with Gasteiger partial charge in [-0.2, -0.15) is 0 Å². The molecule has 1 unspecified atom stereocenters. The zero-order valence-corrected chi connectivity index (χ0v) is 8.86. The van der Waals surface area contributed by atoms with Crippen LogP contribution < -0.4 is 5.73 Å². The lowest BCUT2D eigenvalue weighted by Crippen LogP contribution is -2.11. The van der Waals surface area contributed by atoms with E-state index in [1.165, 1.54) is 0 Å². The van der Waals surface area contributed by atoms with Crippen LogP contribution in [0.4, 0.5) is 0 Å². The molecule has 0 amide bonds. The van der Waals surface area contributed by atoms with E-state index in [1.54, 1.807) is 0 Å². The lowest BCUT2D eigenvalue weighted by Gasteiger charge is -2.05. The summed E-state index contributed by atoms with van der Waals surface area (Å²) in [4.78, 5) is 0.922. The van der Waals surface area contributed by atoms with Gasteiger partial charge in [0.05, 0.1) is 10.8 Å². The molecule has 0 aliphatic carbocycles. The lowest BCUT2D eigenvalue weighted by molar-refractivity contribution is 0.682. The Hall–Kier alpha value is -0.670. The van der Waals surface area contributed by atoms with Crippen molar-refractivity contribution in [3.8, 4) is 0 Å². The van der Waals surface area contributed by atoms with Crippen molar-refractivity contribution in [1.82, 2.24) is 0 Å². The molecule has 0 heterocycles. The Bertz CT molecular complexity index is 323. The number of benzene rings is 1.